The van der Waals surface area contributed by atoms with Crippen LogP contribution in [0.4, 0.5) is 5.69 Å². The minimum absolute atomic E-state index is 0.0307. The first-order chi connectivity index (χ1) is 8.10. The summed E-state index contributed by atoms with van der Waals surface area (Å²) in [6.07, 6.45) is 1.31. The first-order valence-electron chi connectivity index (χ1n) is 5.44. The average molecular weight is 235 g/mol. The van der Waals surface area contributed by atoms with E-state index >= 15 is 0 Å². The van der Waals surface area contributed by atoms with Crippen LogP contribution in [0.2, 0.25) is 0 Å². The first kappa shape index (κ1) is 13.0. The number of carbonyl (C=O) groups excluding carboxylic acids is 1. The van der Waals surface area contributed by atoms with Crippen LogP contribution in [-0.2, 0) is 4.79 Å². The molecule has 1 aromatic carbocycles. The van der Waals surface area contributed by atoms with E-state index in [1.165, 1.54) is 0 Å². The predicted octanol–water partition coefficient (Wildman–Crippen LogP) is 1.54. The quantitative estimate of drug-likeness (QED) is 0.359. The molecule has 0 saturated heterocycles. The zero-order chi connectivity index (χ0) is 12.8. The summed E-state index contributed by atoms with van der Waals surface area (Å²) in [7, 11) is 1.71. The standard InChI is InChI=1S/C12H17N3O2/c1-3-5-11(16)15(2)10-7-4-6-9(8-10)12(13)14-17/h4,6-8,17H,3,5H2,1-2H3,(H2,13,14). The van der Waals surface area contributed by atoms with Gasteiger partial charge in [-0.05, 0) is 18.6 Å². The molecule has 0 spiro atoms. The molecule has 5 nitrogen and oxygen atoms in total. The summed E-state index contributed by atoms with van der Waals surface area (Å²) >= 11 is 0. The number of hydrogen-bond acceptors (Lipinski definition) is 3. The van der Waals surface area contributed by atoms with E-state index in [1.54, 1.807) is 30.1 Å². The number of benzene rings is 1. The molecule has 0 heterocycles. The van der Waals surface area contributed by atoms with Gasteiger partial charge in [0.1, 0.15) is 0 Å². The normalized spacial score (nSPS) is 11.3. The lowest BCUT2D eigenvalue weighted by atomic mass is 10.1. The maximum atomic E-state index is 11.7. The molecule has 0 fully saturated rings. The number of carbonyl (C=O) groups is 1. The lowest BCUT2D eigenvalue weighted by Gasteiger charge is -2.17. The number of rotatable bonds is 4. The third-order valence-corrected chi connectivity index (χ3v) is 2.47. The molecule has 92 valence electrons. The fraction of sp³-hybridized carbons (Fsp3) is 0.333. The van der Waals surface area contributed by atoms with E-state index in [-0.39, 0.29) is 11.7 Å². The van der Waals surface area contributed by atoms with E-state index in [0.717, 1.165) is 12.1 Å². The topological polar surface area (TPSA) is 78.9 Å². The van der Waals surface area contributed by atoms with Crippen LogP contribution in [0.1, 0.15) is 25.3 Å². The molecule has 0 saturated carbocycles. The summed E-state index contributed by atoms with van der Waals surface area (Å²) in [5.41, 5.74) is 6.81. The molecule has 0 bridgehead atoms. The molecule has 0 aliphatic heterocycles. The van der Waals surface area contributed by atoms with Crippen LogP contribution in [0.25, 0.3) is 0 Å². The highest BCUT2D eigenvalue weighted by Gasteiger charge is 2.10. The van der Waals surface area contributed by atoms with E-state index in [4.69, 9.17) is 10.9 Å². The van der Waals surface area contributed by atoms with Crippen molar-refractivity contribution in [3.05, 3.63) is 29.8 Å². The van der Waals surface area contributed by atoms with Crippen molar-refractivity contribution >= 4 is 17.4 Å². The van der Waals surface area contributed by atoms with Crippen LogP contribution in [-0.4, -0.2) is 24.0 Å². The maximum absolute atomic E-state index is 11.7. The molecule has 3 N–H and O–H groups in total. The minimum atomic E-state index is 0.0307. The number of anilines is 1. The number of nitrogens with two attached hydrogens (primary N) is 1. The Morgan fingerprint density at radius 2 is 2.24 bits per heavy atom. The van der Waals surface area contributed by atoms with E-state index in [1.807, 2.05) is 13.0 Å². The lowest BCUT2D eigenvalue weighted by Crippen LogP contribution is -2.26. The molecule has 0 unspecified atom stereocenters. The highest BCUT2D eigenvalue weighted by molar-refractivity contribution is 5.99. The van der Waals surface area contributed by atoms with Gasteiger partial charge in [-0.25, -0.2) is 0 Å². The summed E-state index contributed by atoms with van der Waals surface area (Å²) in [5.74, 6) is 0.0762. The third-order valence-electron chi connectivity index (χ3n) is 2.47. The van der Waals surface area contributed by atoms with Crippen LogP contribution in [0, 0.1) is 0 Å². The van der Waals surface area contributed by atoms with Gasteiger partial charge in [0.25, 0.3) is 0 Å². The lowest BCUT2D eigenvalue weighted by molar-refractivity contribution is -0.118. The van der Waals surface area contributed by atoms with Gasteiger partial charge in [0.05, 0.1) is 0 Å². The summed E-state index contributed by atoms with van der Waals surface area (Å²) in [4.78, 5) is 13.3. The Labute approximate surface area is 101 Å². The smallest absolute Gasteiger partial charge is 0.226 e. The Kier molecular flexibility index (Phi) is 4.51. The molecule has 1 amide bonds. The van der Waals surface area contributed by atoms with Crippen molar-refractivity contribution in [2.45, 2.75) is 19.8 Å². The molecule has 0 atom stereocenters. The second-order valence-corrected chi connectivity index (χ2v) is 3.74. The van der Waals surface area contributed by atoms with Gasteiger partial charge in [-0.15, -0.1) is 0 Å². The SMILES string of the molecule is CCCC(=O)N(C)c1cccc(C(N)=NO)c1. The van der Waals surface area contributed by atoms with Crippen molar-refractivity contribution in [3.8, 4) is 0 Å². The third kappa shape index (κ3) is 3.21. The molecular weight excluding hydrogens is 218 g/mol. The fourth-order valence-electron chi connectivity index (χ4n) is 1.46. The fourth-order valence-corrected chi connectivity index (χ4v) is 1.46. The predicted molar refractivity (Wildman–Crippen MR) is 67.3 cm³/mol. The number of nitrogens with zero attached hydrogens (tertiary/aromatic N) is 2. The van der Waals surface area contributed by atoms with Crippen molar-refractivity contribution < 1.29 is 10.0 Å². The number of hydrogen-bond donors (Lipinski definition) is 2. The van der Waals surface area contributed by atoms with Gasteiger partial charge in [0, 0.05) is 24.7 Å². The van der Waals surface area contributed by atoms with Crippen LogP contribution in [0.5, 0.6) is 0 Å². The molecule has 17 heavy (non-hydrogen) atoms. The molecule has 0 aliphatic rings. The second kappa shape index (κ2) is 5.89. The summed E-state index contributed by atoms with van der Waals surface area (Å²) in [5, 5.41) is 11.5. The second-order valence-electron chi connectivity index (χ2n) is 3.74. The van der Waals surface area contributed by atoms with Gasteiger partial charge in [-0.1, -0.05) is 24.2 Å². The largest absolute Gasteiger partial charge is 0.409 e. The number of oxime groups is 1. The minimum Gasteiger partial charge on any atom is -0.409 e. The zero-order valence-electron chi connectivity index (χ0n) is 10.1. The van der Waals surface area contributed by atoms with E-state index in [0.29, 0.717) is 12.0 Å². The van der Waals surface area contributed by atoms with Gasteiger partial charge in [0.2, 0.25) is 5.91 Å². The van der Waals surface area contributed by atoms with Gasteiger partial charge in [-0.3, -0.25) is 4.79 Å². The zero-order valence-corrected chi connectivity index (χ0v) is 10.1. The van der Waals surface area contributed by atoms with Gasteiger partial charge < -0.3 is 15.8 Å². The van der Waals surface area contributed by atoms with Gasteiger partial charge in [-0.2, -0.15) is 0 Å². The Balaban J connectivity index is 2.95. The van der Waals surface area contributed by atoms with Crippen molar-refractivity contribution in [2.24, 2.45) is 10.9 Å². The van der Waals surface area contributed by atoms with Crippen molar-refractivity contribution in [1.82, 2.24) is 0 Å². The monoisotopic (exact) mass is 235 g/mol. The van der Waals surface area contributed by atoms with Crippen LogP contribution < -0.4 is 10.6 Å². The molecule has 5 heteroatoms. The molecule has 0 aliphatic carbocycles. The Morgan fingerprint density at radius 1 is 1.53 bits per heavy atom. The molecular formula is C12H17N3O2. The summed E-state index contributed by atoms with van der Waals surface area (Å²) < 4.78 is 0. The Morgan fingerprint density at radius 3 is 2.82 bits per heavy atom. The van der Waals surface area contributed by atoms with Gasteiger partial charge >= 0.3 is 0 Å². The molecule has 0 aromatic heterocycles. The molecule has 0 radical (unpaired) electrons. The molecule has 1 aromatic rings. The van der Waals surface area contributed by atoms with Crippen LogP contribution in [0.3, 0.4) is 0 Å². The first-order valence-corrected chi connectivity index (χ1v) is 5.44. The number of amidine groups is 1. The van der Waals surface area contributed by atoms with Gasteiger partial charge in [0.15, 0.2) is 5.84 Å². The number of amides is 1. The average Bonchev–Trinajstić information content (AvgIpc) is 2.37. The van der Waals surface area contributed by atoms with E-state index in [2.05, 4.69) is 5.16 Å². The highest BCUT2D eigenvalue weighted by Crippen LogP contribution is 2.16. The summed E-state index contributed by atoms with van der Waals surface area (Å²) in [6.45, 7) is 1.96. The highest BCUT2D eigenvalue weighted by atomic mass is 16.4. The van der Waals surface area contributed by atoms with E-state index < -0.39 is 0 Å². The van der Waals surface area contributed by atoms with E-state index in [9.17, 15) is 4.79 Å². The van der Waals surface area contributed by atoms with Crippen molar-refractivity contribution in [3.63, 3.8) is 0 Å². The Hall–Kier alpha value is -2.04. The molecule has 1 rings (SSSR count). The van der Waals surface area contributed by atoms with Crippen molar-refractivity contribution in [2.75, 3.05) is 11.9 Å². The van der Waals surface area contributed by atoms with Crippen LogP contribution in [0.15, 0.2) is 29.4 Å². The maximum Gasteiger partial charge on any atom is 0.226 e. The summed E-state index contributed by atoms with van der Waals surface area (Å²) in [6, 6.07) is 7.00. The Bertz CT molecular complexity index is 430. The van der Waals surface area contributed by atoms with Crippen molar-refractivity contribution in [1.29, 1.82) is 0 Å². The van der Waals surface area contributed by atoms with Crippen LogP contribution >= 0.6 is 0 Å².